The van der Waals surface area contributed by atoms with Gasteiger partial charge < -0.3 is 14.7 Å². The van der Waals surface area contributed by atoms with Crippen LogP contribution >= 0.6 is 8.69 Å². The van der Waals surface area contributed by atoms with Crippen molar-refractivity contribution in [1.82, 2.24) is 0 Å². The van der Waals surface area contributed by atoms with E-state index in [1.165, 1.54) is 0 Å². The Hall–Kier alpha value is -2.84. The van der Waals surface area contributed by atoms with Crippen LogP contribution in [0, 0.1) is 0 Å². The molecule has 0 unspecified atom stereocenters. The third-order valence-corrected chi connectivity index (χ3v) is 3.77. The van der Waals surface area contributed by atoms with Crippen molar-refractivity contribution >= 4 is 8.69 Å². The van der Waals surface area contributed by atoms with Gasteiger partial charge in [0.05, 0.1) is 0 Å². The van der Waals surface area contributed by atoms with Crippen molar-refractivity contribution < 1.29 is 19.3 Å². The lowest BCUT2D eigenvalue weighted by Gasteiger charge is -2.14. The van der Waals surface area contributed by atoms with Gasteiger partial charge >= 0.3 is 8.69 Å². The molecule has 0 aliphatic heterocycles. The molecular weight excluding hydrogens is 311 g/mol. The summed E-state index contributed by atoms with van der Waals surface area (Å²) in [6, 6.07) is 19.0. The summed E-state index contributed by atoms with van der Waals surface area (Å²) in [6.07, 6.45) is 0. The predicted octanol–water partition coefficient (Wildman–Crippen LogP) is 5.02. The van der Waals surface area contributed by atoms with E-state index in [9.17, 15) is 14.8 Å². The Labute approximate surface area is 134 Å². The molecular formula is C18H13O4P. The van der Waals surface area contributed by atoms with Gasteiger partial charge in [0.2, 0.25) is 0 Å². The van der Waals surface area contributed by atoms with Crippen molar-refractivity contribution in [2.75, 3.05) is 0 Å². The van der Waals surface area contributed by atoms with Gasteiger partial charge in [0.1, 0.15) is 17.2 Å². The minimum Gasteiger partial charge on any atom is -0.508 e. The molecule has 5 heteroatoms. The molecule has 3 aromatic rings. The molecule has 23 heavy (non-hydrogen) atoms. The number of aromatic hydroxyl groups is 2. The van der Waals surface area contributed by atoms with Gasteiger partial charge in [-0.3, -0.25) is 0 Å². The smallest absolute Gasteiger partial charge is 0.395 e. The predicted molar refractivity (Wildman–Crippen MR) is 88.9 cm³/mol. The Kier molecular flexibility index (Phi) is 4.26. The van der Waals surface area contributed by atoms with E-state index < -0.39 is 8.69 Å². The van der Waals surface area contributed by atoms with Crippen LogP contribution in [0.5, 0.6) is 17.2 Å². The summed E-state index contributed by atoms with van der Waals surface area (Å²) in [6.45, 7) is 0. The summed E-state index contributed by atoms with van der Waals surface area (Å²) in [5.74, 6) is 0.823. The minimum absolute atomic E-state index is 0.167. The Bertz CT molecular complexity index is 827. The van der Waals surface area contributed by atoms with Gasteiger partial charge in [-0.2, -0.15) is 0 Å². The Morgan fingerprint density at radius 2 is 1.30 bits per heavy atom. The molecule has 0 bridgehead atoms. The van der Waals surface area contributed by atoms with E-state index in [-0.39, 0.29) is 11.5 Å². The molecule has 0 fully saturated rings. The first-order valence-corrected chi connectivity index (χ1v) is 7.63. The SMILES string of the molecule is O=POc1cccc(-c2ccc(O)cc2)c1-c1ccc(O)cc1. The quantitative estimate of drug-likeness (QED) is 0.661. The van der Waals surface area contributed by atoms with Gasteiger partial charge in [0.15, 0.2) is 0 Å². The lowest BCUT2D eigenvalue weighted by Crippen LogP contribution is -1.89. The second kappa shape index (κ2) is 6.51. The average molecular weight is 324 g/mol. The molecule has 0 spiro atoms. The summed E-state index contributed by atoms with van der Waals surface area (Å²) in [7, 11) is -0.440. The Morgan fingerprint density at radius 1 is 0.739 bits per heavy atom. The molecule has 0 saturated carbocycles. The van der Waals surface area contributed by atoms with Crippen LogP contribution in [0.25, 0.3) is 22.3 Å². The summed E-state index contributed by atoms with van der Waals surface area (Å²) < 4.78 is 16.1. The van der Waals surface area contributed by atoms with Gasteiger partial charge in [0, 0.05) is 5.56 Å². The topological polar surface area (TPSA) is 66.8 Å². The summed E-state index contributed by atoms with van der Waals surface area (Å²) in [5, 5.41) is 18.9. The first-order chi connectivity index (χ1) is 11.2. The minimum atomic E-state index is -0.440. The maximum Gasteiger partial charge on any atom is 0.395 e. The summed E-state index contributed by atoms with van der Waals surface area (Å²) in [4.78, 5) is 0. The fraction of sp³-hybridized carbons (Fsp3) is 0. The van der Waals surface area contributed by atoms with Crippen molar-refractivity contribution in [1.29, 1.82) is 0 Å². The molecule has 0 aliphatic carbocycles. The first kappa shape index (κ1) is 15.1. The van der Waals surface area contributed by atoms with Crippen molar-refractivity contribution in [3.8, 4) is 39.5 Å². The molecule has 114 valence electrons. The van der Waals surface area contributed by atoms with Crippen molar-refractivity contribution in [3.05, 3.63) is 66.7 Å². The van der Waals surface area contributed by atoms with Crippen LogP contribution in [0.4, 0.5) is 0 Å². The molecule has 2 N–H and O–H groups in total. The maximum absolute atomic E-state index is 10.9. The molecule has 0 amide bonds. The molecule has 0 aliphatic rings. The summed E-state index contributed by atoms with van der Waals surface area (Å²) >= 11 is 0. The fourth-order valence-electron chi connectivity index (χ4n) is 2.45. The molecule has 3 aromatic carbocycles. The zero-order chi connectivity index (χ0) is 16.2. The van der Waals surface area contributed by atoms with E-state index in [4.69, 9.17) is 4.52 Å². The van der Waals surface area contributed by atoms with Crippen LogP contribution in [-0.4, -0.2) is 10.2 Å². The Balaban J connectivity index is 2.23. The highest BCUT2D eigenvalue weighted by Gasteiger charge is 2.14. The molecule has 0 aromatic heterocycles. The molecule has 3 rings (SSSR count). The van der Waals surface area contributed by atoms with E-state index in [1.54, 1.807) is 54.6 Å². The third-order valence-electron chi connectivity index (χ3n) is 3.50. The Morgan fingerprint density at radius 3 is 1.87 bits per heavy atom. The van der Waals surface area contributed by atoms with E-state index >= 15 is 0 Å². The van der Waals surface area contributed by atoms with E-state index in [0.29, 0.717) is 5.75 Å². The van der Waals surface area contributed by atoms with Gasteiger partial charge in [0.25, 0.3) is 0 Å². The second-order valence-electron chi connectivity index (χ2n) is 4.94. The van der Waals surface area contributed by atoms with Crippen LogP contribution in [-0.2, 0) is 4.57 Å². The van der Waals surface area contributed by atoms with Crippen LogP contribution in [0.3, 0.4) is 0 Å². The van der Waals surface area contributed by atoms with Gasteiger partial charge in [-0.05, 0) is 47.0 Å². The van der Waals surface area contributed by atoms with Gasteiger partial charge in [-0.1, -0.05) is 36.4 Å². The molecule has 0 saturated heterocycles. The first-order valence-electron chi connectivity index (χ1n) is 6.90. The van der Waals surface area contributed by atoms with Crippen molar-refractivity contribution in [3.63, 3.8) is 0 Å². The molecule has 0 atom stereocenters. The van der Waals surface area contributed by atoms with Gasteiger partial charge in [-0.25, -0.2) is 4.57 Å². The number of phenolic OH excluding ortho intramolecular Hbond substituents is 2. The second-order valence-corrected chi connectivity index (χ2v) is 5.27. The number of hydrogen-bond acceptors (Lipinski definition) is 4. The lowest BCUT2D eigenvalue weighted by atomic mass is 9.93. The number of rotatable bonds is 4. The highest BCUT2D eigenvalue weighted by atomic mass is 31.1. The van der Waals surface area contributed by atoms with Gasteiger partial charge in [-0.15, -0.1) is 0 Å². The largest absolute Gasteiger partial charge is 0.508 e. The highest BCUT2D eigenvalue weighted by Crippen LogP contribution is 2.40. The van der Waals surface area contributed by atoms with Crippen LogP contribution in [0.1, 0.15) is 0 Å². The highest BCUT2D eigenvalue weighted by molar-refractivity contribution is 7.17. The maximum atomic E-state index is 10.9. The zero-order valence-electron chi connectivity index (χ0n) is 12.0. The van der Waals surface area contributed by atoms with Crippen molar-refractivity contribution in [2.24, 2.45) is 0 Å². The summed E-state index contributed by atoms with van der Waals surface area (Å²) in [5.41, 5.74) is 3.35. The lowest BCUT2D eigenvalue weighted by molar-refractivity contribution is 0.475. The molecule has 4 nitrogen and oxygen atoms in total. The van der Waals surface area contributed by atoms with Crippen LogP contribution < -0.4 is 4.52 Å². The number of hydrogen-bond donors (Lipinski definition) is 2. The number of benzene rings is 3. The zero-order valence-corrected chi connectivity index (χ0v) is 12.9. The number of phenols is 2. The fourth-order valence-corrected chi connectivity index (χ4v) is 2.69. The van der Waals surface area contributed by atoms with Crippen molar-refractivity contribution in [2.45, 2.75) is 0 Å². The van der Waals surface area contributed by atoms with E-state index in [1.807, 2.05) is 12.1 Å². The molecule has 0 radical (unpaired) electrons. The van der Waals surface area contributed by atoms with E-state index in [2.05, 4.69) is 0 Å². The monoisotopic (exact) mass is 324 g/mol. The average Bonchev–Trinajstić information content (AvgIpc) is 2.57. The standard InChI is InChI=1S/C18H13O4P/c19-14-8-4-12(5-9-14)16-2-1-3-17(22-23-21)18(16)13-6-10-15(20)11-7-13/h1-11,19-20H. The van der Waals surface area contributed by atoms with Crippen LogP contribution in [0.2, 0.25) is 0 Å². The molecule has 0 heterocycles. The normalized spacial score (nSPS) is 10.6. The van der Waals surface area contributed by atoms with Crippen LogP contribution in [0.15, 0.2) is 66.7 Å². The van der Waals surface area contributed by atoms with E-state index in [0.717, 1.165) is 22.3 Å². The third kappa shape index (κ3) is 3.17.